The number of halogens is 1. The van der Waals surface area contributed by atoms with E-state index in [0.29, 0.717) is 0 Å². The van der Waals surface area contributed by atoms with Crippen LogP contribution in [-0.4, -0.2) is 21.7 Å². The lowest BCUT2D eigenvalue weighted by atomic mass is 10.3. The van der Waals surface area contributed by atoms with Crippen molar-refractivity contribution in [3.63, 3.8) is 0 Å². The van der Waals surface area contributed by atoms with Crippen molar-refractivity contribution >= 4 is 15.9 Å². The number of nitrogens with one attached hydrogen (secondary N) is 1. The van der Waals surface area contributed by atoms with Gasteiger partial charge in [0.2, 0.25) is 0 Å². The zero-order chi connectivity index (χ0) is 9.68. The number of hydrogen-bond donors (Lipinski definition) is 1. The fourth-order valence-corrected chi connectivity index (χ4v) is 1.52. The van der Waals surface area contributed by atoms with Gasteiger partial charge in [0.15, 0.2) is 0 Å². The molecule has 0 aromatic carbocycles. The Morgan fingerprint density at radius 2 is 2.38 bits per heavy atom. The zero-order valence-corrected chi connectivity index (χ0v) is 9.76. The number of alkyl halides is 1. The first-order valence-electron chi connectivity index (χ1n) is 4.50. The van der Waals surface area contributed by atoms with Crippen molar-refractivity contribution < 1.29 is 0 Å². The van der Waals surface area contributed by atoms with E-state index in [1.807, 2.05) is 18.7 Å². The molecular formula is C9H16BrN3. The minimum atomic E-state index is 0.907. The maximum atomic E-state index is 4.28. The third kappa shape index (κ3) is 3.48. The van der Waals surface area contributed by atoms with E-state index in [4.69, 9.17) is 0 Å². The topological polar surface area (TPSA) is 29.9 Å². The summed E-state index contributed by atoms with van der Waals surface area (Å²) in [6.07, 6.45) is 1.16. The van der Waals surface area contributed by atoms with Gasteiger partial charge in [0, 0.05) is 18.9 Å². The molecule has 0 atom stereocenters. The Kier molecular flexibility index (Phi) is 4.45. The van der Waals surface area contributed by atoms with Crippen LogP contribution in [0.25, 0.3) is 0 Å². The largest absolute Gasteiger partial charge is 0.311 e. The summed E-state index contributed by atoms with van der Waals surface area (Å²) in [4.78, 5) is 0. The molecule has 0 aliphatic carbocycles. The first-order chi connectivity index (χ1) is 6.24. The van der Waals surface area contributed by atoms with Gasteiger partial charge in [0.25, 0.3) is 0 Å². The Bertz CT molecular complexity index is 257. The molecule has 1 rings (SSSR count). The van der Waals surface area contributed by atoms with E-state index in [9.17, 15) is 0 Å². The van der Waals surface area contributed by atoms with E-state index < -0.39 is 0 Å². The minimum absolute atomic E-state index is 0.907. The molecule has 1 aromatic heterocycles. The van der Waals surface area contributed by atoms with Crippen molar-refractivity contribution in [2.75, 3.05) is 11.9 Å². The molecule has 0 aliphatic rings. The Balaban J connectivity index is 2.32. The Hall–Kier alpha value is -0.350. The molecule has 0 aliphatic heterocycles. The lowest BCUT2D eigenvalue weighted by Gasteiger charge is -2.03. The van der Waals surface area contributed by atoms with Crippen molar-refractivity contribution in [2.45, 2.75) is 19.9 Å². The number of nitrogens with zero attached hydrogens (tertiary/aromatic N) is 2. The van der Waals surface area contributed by atoms with E-state index in [1.54, 1.807) is 0 Å². The van der Waals surface area contributed by atoms with Gasteiger partial charge in [0.1, 0.15) is 0 Å². The van der Waals surface area contributed by atoms with E-state index in [2.05, 4.69) is 32.4 Å². The van der Waals surface area contributed by atoms with Crippen molar-refractivity contribution in [1.82, 2.24) is 15.1 Å². The average molecular weight is 246 g/mol. The molecule has 1 heterocycles. The van der Waals surface area contributed by atoms with Crippen LogP contribution >= 0.6 is 15.9 Å². The van der Waals surface area contributed by atoms with Crippen LogP contribution in [0.2, 0.25) is 0 Å². The van der Waals surface area contributed by atoms with E-state index in [0.717, 1.165) is 30.5 Å². The molecule has 3 nitrogen and oxygen atoms in total. The molecule has 0 saturated carbocycles. The highest BCUT2D eigenvalue weighted by atomic mass is 79.9. The monoisotopic (exact) mass is 245 g/mol. The molecular weight excluding hydrogens is 230 g/mol. The van der Waals surface area contributed by atoms with Gasteiger partial charge in [-0.1, -0.05) is 15.9 Å². The predicted octanol–water partition coefficient (Wildman–Crippen LogP) is 1.60. The molecule has 0 bridgehead atoms. The third-order valence-corrected chi connectivity index (χ3v) is 2.45. The maximum Gasteiger partial charge on any atom is 0.0597 e. The fraction of sp³-hybridized carbons (Fsp3) is 0.667. The normalized spacial score (nSPS) is 10.7. The van der Waals surface area contributed by atoms with Gasteiger partial charge in [-0.2, -0.15) is 5.10 Å². The van der Waals surface area contributed by atoms with Gasteiger partial charge < -0.3 is 5.32 Å². The molecule has 0 unspecified atom stereocenters. The third-order valence-electron chi connectivity index (χ3n) is 1.89. The molecule has 0 fully saturated rings. The van der Waals surface area contributed by atoms with Crippen LogP contribution in [0.15, 0.2) is 6.07 Å². The van der Waals surface area contributed by atoms with Gasteiger partial charge in [-0.25, -0.2) is 0 Å². The Morgan fingerprint density at radius 1 is 1.62 bits per heavy atom. The summed E-state index contributed by atoms with van der Waals surface area (Å²) in [5.41, 5.74) is 2.33. The lowest BCUT2D eigenvalue weighted by molar-refractivity contribution is 0.621. The van der Waals surface area contributed by atoms with Crippen molar-refractivity contribution in [3.05, 3.63) is 17.5 Å². The van der Waals surface area contributed by atoms with Gasteiger partial charge >= 0.3 is 0 Å². The summed E-state index contributed by atoms with van der Waals surface area (Å²) in [7, 11) is 1.98. The highest BCUT2D eigenvalue weighted by molar-refractivity contribution is 9.09. The van der Waals surface area contributed by atoms with Crippen molar-refractivity contribution in [1.29, 1.82) is 0 Å². The number of hydrogen-bond acceptors (Lipinski definition) is 2. The van der Waals surface area contributed by atoms with Crippen LogP contribution in [0, 0.1) is 6.92 Å². The maximum absolute atomic E-state index is 4.28. The molecule has 1 N–H and O–H groups in total. The number of aryl methyl sites for hydroxylation is 2. The van der Waals surface area contributed by atoms with E-state index in [-0.39, 0.29) is 0 Å². The summed E-state index contributed by atoms with van der Waals surface area (Å²) >= 11 is 3.40. The molecule has 13 heavy (non-hydrogen) atoms. The molecule has 0 spiro atoms. The molecule has 1 aromatic rings. The number of aromatic nitrogens is 2. The van der Waals surface area contributed by atoms with Crippen LogP contribution in [-0.2, 0) is 13.6 Å². The number of rotatable bonds is 5. The fourth-order valence-electron chi connectivity index (χ4n) is 1.24. The van der Waals surface area contributed by atoms with Crippen LogP contribution in [0.5, 0.6) is 0 Å². The Labute approximate surface area is 87.6 Å². The standard InChI is InChI=1S/C9H16BrN3/c1-8-6-9(13(2)12-8)7-11-5-3-4-10/h6,11H,3-5,7H2,1-2H3. The quantitative estimate of drug-likeness (QED) is 0.631. The summed E-state index contributed by atoms with van der Waals surface area (Å²) in [6.45, 7) is 3.97. The highest BCUT2D eigenvalue weighted by Gasteiger charge is 1.99. The van der Waals surface area contributed by atoms with Gasteiger partial charge in [-0.3, -0.25) is 4.68 Å². The lowest BCUT2D eigenvalue weighted by Crippen LogP contribution is -2.17. The van der Waals surface area contributed by atoms with Crippen molar-refractivity contribution in [2.24, 2.45) is 7.05 Å². The second-order valence-electron chi connectivity index (χ2n) is 3.12. The van der Waals surface area contributed by atoms with Gasteiger partial charge in [-0.15, -0.1) is 0 Å². The van der Waals surface area contributed by atoms with Crippen LogP contribution in [0.4, 0.5) is 0 Å². The molecule has 74 valence electrons. The summed E-state index contributed by atoms with van der Waals surface area (Å²) in [6, 6.07) is 2.11. The molecule has 0 amide bonds. The smallest absolute Gasteiger partial charge is 0.0597 e. The first-order valence-corrected chi connectivity index (χ1v) is 5.62. The zero-order valence-electron chi connectivity index (χ0n) is 8.18. The van der Waals surface area contributed by atoms with E-state index in [1.165, 1.54) is 5.69 Å². The molecule has 4 heteroatoms. The Morgan fingerprint density at radius 3 is 2.92 bits per heavy atom. The SMILES string of the molecule is Cc1cc(CNCCCBr)n(C)n1. The second-order valence-corrected chi connectivity index (χ2v) is 3.91. The molecule has 0 saturated heterocycles. The second kappa shape index (κ2) is 5.40. The van der Waals surface area contributed by atoms with Crippen LogP contribution in [0.3, 0.4) is 0 Å². The average Bonchev–Trinajstić information content (AvgIpc) is 2.39. The van der Waals surface area contributed by atoms with Gasteiger partial charge in [0.05, 0.1) is 11.4 Å². The highest BCUT2D eigenvalue weighted by Crippen LogP contribution is 2.00. The van der Waals surface area contributed by atoms with Crippen LogP contribution in [0.1, 0.15) is 17.8 Å². The first kappa shape index (κ1) is 10.7. The summed E-state index contributed by atoms with van der Waals surface area (Å²) in [5, 5.41) is 8.70. The minimum Gasteiger partial charge on any atom is -0.311 e. The van der Waals surface area contributed by atoms with E-state index >= 15 is 0 Å². The summed E-state index contributed by atoms with van der Waals surface area (Å²) in [5.74, 6) is 0. The molecule has 0 radical (unpaired) electrons. The summed E-state index contributed by atoms with van der Waals surface area (Å²) < 4.78 is 1.93. The predicted molar refractivity (Wildman–Crippen MR) is 58.1 cm³/mol. The van der Waals surface area contributed by atoms with Crippen molar-refractivity contribution in [3.8, 4) is 0 Å². The van der Waals surface area contributed by atoms with Crippen LogP contribution < -0.4 is 5.32 Å². The van der Waals surface area contributed by atoms with Gasteiger partial charge in [-0.05, 0) is 26.0 Å².